The topological polar surface area (TPSA) is 43.4 Å². The zero-order valence-corrected chi connectivity index (χ0v) is 17.3. The molecule has 3 nitrogen and oxygen atoms in total. The van der Waals surface area contributed by atoms with E-state index in [0.29, 0.717) is 23.6 Å². The third kappa shape index (κ3) is 2.85. The summed E-state index contributed by atoms with van der Waals surface area (Å²) >= 11 is 10.3. The van der Waals surface area contributed by atoms with Gasteiger partial charge >= 0.3 is 0 Å². The molecule has 0 bridgehead atoms. The fraction of sp³-hybridized carbons (Fsp3) is 0.400. The number of benzene rings is 2. The van der Waals surface area contributed by atoms with Crippen molar-refractivity contribution in [3.63, 3.8) is 0 Å². The van der Waals surface area contributed by atoms with E-state index in [1.54, 1.807) is 0 Å². The minimum Gasteiger partial charge on any atom is -0.490 e. The lowest BCUT2D eigenvalue weighted by molar-refractivity contribution is 0.104. The number of sulfone groups is 1. The molecule has 3 atom stereocenters. The Hall–Kier alpha value is -1.31. The summed E-state index contributed by atoms with van der Waals surface area (Å²) in [5.74, 6) is -1.50. The van der Waals surface area contributed by atoms with Crippen LogP contribution < -0.4 is 4.74 Å². The summed E-state index contributed by atoms with van der Waals surface area (Å²) < 4.78 is 61.2. The number of halogens is 3. The molecule has 2 aromatic carbocycles. The highest BCUT2D eigenvalue weighted by molar-refractivity contribution is 7.92. The van der Waals surface area contributed by atoms with Crippen molar-refractivity contribution in [1.29, 1.82) is 0 Å². The molecule has 0 unspecified atom stereocenters. The van der Waals surface area contributed by atoms with Gasteiger partial charge in [-0.2, -0.15) is 12.6 Å². The van der Waals surface area contributed by atoms with Crippen molar-refractivity contribution in [3.05, 3.63) is 58.6 Å². The molecule has 1 aliphatic heterocycles. The largest absolute Gasteiger partial charge is 0.490 e. The van der Waals surface area contributed by atoms with Crippen LogP contribution in [0.15, 0.2) is 41.3 Å². The lowest BCUT2D eigenvalue weighted by Crippen LogP contribution is -2.52. The van der Waals surface area contributed by atoms with Gasteiger partial charge < -0.3 is 4.74 Å². The average Bonchev–Trinajstić information content (AvgIpc) is 2.69. The van der Waals surface area contributed by atoms with Crippen molar-refractivity contribution in [2.24, 2.45) is 11.8 Å². The van der Waals surface area contributed by atoms with Crippen LogP contribution in [-0.2, 0) is 14.6 Å². The van der Waals surface area contributed by atoms with Crippen LogP contribution in [0.1, 0.15) is 24.8 Å². The fourth-order valence-corrected chi connectivity index (χ4v) is 7.42. The predicted octanol–water partition coefficient (Wildman–Crippen LogP) is 5.03. The molecule has 0 spiro atoms. The van der Waals surface area contributed by atoms with E-state index < -0.39 is 32.1 Å². The van der Waals surface area contributed by atoms with Crippen LogP contribution in [-0.4, -0.2) is 20.8 Å². The first-order valence-corrected chi connectivity index (χ1v) is 11.5. The first kappa shape index (κ1) is 20.0. The summed E-state index contributed by atoms with van der Waals surface area (Å²) in [6.07, 6.45) is 1.26. The molecule has 28 heavy (non-hydrogen) atoms. The van der Waals surface area contributed by atoms with Crippen molar-refractivity contribution in [1.82, 2.24) is 0 Å². The second-order valence-electron chi connectivity index (χ2n) is 7.41. The minimum atomic E-state index is -4.06. The predicted molar refractivity (Wildman–Crippen MR) is 107 cm³/mol. The zero-order valence-electron chi connectivity index (χ0n) is 14.9. The van der Waals surface area contributed by atoms with Crippen LogP contribution in [0.3, 0.4) is 0 Å². The van der Waals surface area contributed by atoms with Gasteiger partial charge in [-0.05, 0) is 67.3 Å². The number of ether oxygens (including phenoxy) is 1. The van der Waals surface area contributed by atoms with Crippen molar-refractivity contribution < 1.29 is 21.9 Å². The van der Waals surface area contributed by atoms with Crippen LogP contribution in [0.4, 0.5) is 8.78 Å². The lowest BCUT2D eigenvalue weighted by Gasteiger charge is -2.49. The third-order valence-corrected chi connectivity index (χ3v) is 9.34. The van der Waals surface area contributed by atoms with Gasteiger partial charge in [0.15, 0.2) is 21.4 Å². The lowest BCUT2D eigenvalue weighted by atomic mass is 9.69. The Labute approximate surface area is 173 Å². The average molecular weight is 445 g/mol. The number of hydrogen-bond donors (Lipinski definition) is 1. The van der Waals surface area contributed by atoms with E-state index in [0.717, 1.165) is 12.1 Å². The summed E-state index contributed by atoms with van der Waals surface area (Å²) in [4.78, 5) is 0.0442. The molecule has 0 saturated heterocycles. The van der Waals surface area contributed by atoms with Crippen LogP contribution in [0.25, 0.3) is 0 Å². The summed E-state index contributed by atoms with van der Waals surface area (Å²) in [5.41, 5.74) is -0.184. The van der Waals surface area contributed by atoms with Gasteiger partial charge in [0.2, 0.25) is 0 Å². The highest BCUT2D eigenvalue weighted by Crippen LogP contribution is 2.57. The molecule has 2 aliphatic rings. The standard InChI is InChI=1S/C20H19ClF2O3S2/c21-14-1-3-15(4-2-14)28(24,25)20-8-7-12(11-27)9-13(20)10-26-19-17(23)6-5-16(22)18(19)20/h1-6,12-13,27H,7-11H2/t12-,13-,20+/m1/s1. The first-order valence-electron chi connectivity index (χ1n) is 9.03. The second-order valence-corrected chi connectivity index (χ2v) is 10.4. The molecule has 0 amide bonds. The van der Waals surface area contributed by atoms with Crippen molar-refractivity contribution >= 4 is 34.1 Å². The van der Waals surface area contributed by atoms with Crippen molar-refractivity contribution in [2.45, 2.75) is 28.9 Å². The molecule has 1 fully saturated rings. The molecule has 150 valence electrons. The van der Waals surface area contributed by atoms with Gasteiger partial charge in [-0.3, -0.25) is 0 Å². The monoisotopic (exact) mass is 444 g/mol. The molecule has 0 aromatic heterocycles. The molecule has 1 aliphatic carbocycles. The van der Waals surface area contributed by atoms with Crippen molar-refractivity contribution in [3.8, 4) is 5.75 Å². The maximum absolute atomic E-state index is 15.0. The maximum atomic E-state index is 15.0. The molecule has 0 N–H and O–H groups in total. The Morgan fingerprint density at radius 2 is 1.82 bits per heavy atom. The molecule has 0 radical (unpaired) electrons. The molecular weight excluding hydrogens is 426 g/mol. The van der Waals surface area contributed by atoms with E-state index in [2.05, 4.69) is 12.6 Å². The number of fused-ring (bicyclic) bond motifs is 3. The Kier molecular flexibility index (Phi) is 5.13. The van der Waals surface area contributed by atoms with E-state index >= 15 is 4.39 Å². The highest BCUT2D eigenvalue weighted by Gasteiger charge is 2.59. The van der Waals surface area contributed by atoms with Crippen molar-refractivity contribution in [2.75, 3.05) is 12.4 Å². The van der Waals surface area contributed by atoms with Crippen LogP contribution >= 0.6 is 24.2 Å². The highest BCUT2D eigenvalue weighted by atomic mass is 35.5. The van der Waals surface area contributed by atoms with Crippen LogP contribution in [0.5, 0.6) is 5.75 Å². The van der Waals surface area contributed by atoms with Gasteiger partial charge in [0.25, 0.3) is 0 Å². The number of rotatable bonds is 3. The quantitative estimate of drug-likeness (QED) is 0.675. The molecule has 4 rings (SSSR count). The molecule has 1 saturated carbocycles. The van der Waals surface area contributed by atoms with E-state index in [4.69, 9.17) is 16.3 Å². The molecule has 1 heterocycles. The van der Waals surface area contributed by atoms with Crippen LogP contribution in [0.2, 0.25) is 5.02 Å². The number of hydrogen-bond acceptors (Lipinski definition) is 4. The smallest absolute Gasteiger partial charge is 0.188 e. The van der Waals surface area contributed by atoms with E-state index in [1.165, 1.54) is 24.3 Å². The van der Waals surface area contributed by atoms with Crippen LogP contribution in [0, 0.1) is 23.5 Å². The summed E-state index contributed by atoms with van der Waals surface area (Å²) in [5, 5.41) is 0.399. The fourth-order valence-electron chi connectivity index (χ4n) is 4.60. The zero-order chi connectivity index (χ0) is 20.1. The molecule has 8 heteroatoms. The normalized spacial score (nSPS) is 26.9. The Morgan fingerprint density at radius 1 is 1.14 bits per heavy atom. The summed E-state index contributed by atoms with van der Waals surface area (Å²) in [6, 6.07) is 7.75. The van der Waals surface area contributed by atoms with Gasteiger partial charge in [0.1, 0.15) is 10.6 Å². The number of thiol groups is 1. The Balaban J connectivity index is 1.99. The Bertz CT molecular complexity index is 1010. The van der Waals surface area contributed by atoms with Gasteiger partial charge in [-0.25, -0.2) is 17.2 Å². The first-order chi connectivity index (χ1) is 13.3. The van der Waals surface area contributed by atoms with Gasteiger partial charge in [0.05, 0.1) is 17.1 Å². The summed E-state index contributed by atoms with van der Waals surface area (Å²) in [7, 11) is -4.06. The van der Waals surface area contributed by atoms with E-state index in [9.17, 15) is 12.8 Å². The SMILES string of the molecule is O=S(=O)(c1ccc(Cl)cc1)[C@@]12CC[C@@H](CS)C[C@@H]1COc1c(F)ccc(F)c12. The van der Waals surface area contributed by atoms with E-state index in [1.807, 2.05) is 0 Å². The Morgan fingerprint density at radius 3 is 2.50 bits per heavy atom. The maximum Gasteiger partial charge on any atom is 0.188 e. The molecule has 2 aromatic rings. The van der Waals surface area contributed by atoms with Gasteiger partial charge in [0, 0.05) is 10.9 Å². The van der Waals surface area contributed by atoms with Gasteiger partial charge in [-0.15, -0.1) is 0 Å². The molecular formula is C20H19ClF2O3S2. The third-order valence-electron chi connectivity index (χ3n) is 5.97. The summed E-state index contributed by atoms with van der Waals surface area (Å²) in [6.45, 7) is 0.0183. The minimum absolute atomic E-state index is 0.0183. The van der Waals surface area contributed by atoms with Gasteiger partial charge in [-0.1, -0.05) is 11.6 Å². The van der Waals surface area contributed by atoms with E-state index in [-0.39, 0.29) is 35.2 Å². The second kappa shape index (κ2) is 7.18.